The van der Waals surface area contributed by atoms with Crippen LogP contribution in [0.3, 0.4) is 0 Å². The van der Waals surface area contributed by atoms with Crippen molar-refractivity contribution in [1.82, 2.24) is 24.8 Å². The van der Waals surface area contributed by atoms with Gasteiger partial charge in [-0.1, -0.05) is 0 Å². The molecule has 3 heterocycles. The van der Waals surface area contributed by atoms with Gasteiger partial charge in [0.15, 0.2) is 0 Å². The summed E-state index contributed by atoms with van der Waals surface area (Å²) in [6.45, 7) is 1.47. The maximum absolute atomic E-state index is 13.3. The number of alkyl halides is 6. The van der Waals surface area contributed by atoms with Gasteiger partial charge < -0.3 is 15.0 Å². The summed E-state index contributed by atoms with van der Waals surface area (Å²) >= 11 is 1.39. The summed E-state index contributed by atoms with van der Waals surface area (Å²) in [4.78, 5) is 18.1. The molecule has 0 aliphatic rings. The molecule has 0 aliphatic heterocycles. The number of pyridine rings is 2. The zero-order valence-electron chi connectivity index (χ0n) is 20.2. The van der Waals surface area contributed by atoms with Crippen LogP contribution in [0.1, 0.15) is 25.3 Å². The predicted octanol–water partition coefficient (Wildman–Crippen LogP) is 5.93. The fraction of sp³-hybridized carbons (Fsp3) is 0.435. The van der Waals surface area contributed by atoms with E-state index in [0.29, 0.717) is 22.0 Å². The Balaban J connectivity index is 1.86. The molecule has 37 heavy (non-hydrogen) atoms. The van der Waals surface area contributed by atoms with Crippen molar-refractivity contribution in [3.63, 3.8) is 0 Å². The van der Waals surface area contributed by atoms with Gasteiger partial charge in [-0.25, -0.2) is 14.3 Å². The Morgan fingerprint density at radius 3 is 2.54 bits per heavy atom. The minimum absolute atomic E-state index is 0.0188. The van der Waals surface area contributed by atoms with Crippen molar-refractivity contribution in [2.75, 3.05) is 19.9 Å². The molecule has 0 fully saturated rings. The molecule has 14 heteroatoms. The number of rotatable bonds is 9. The van der Waals surface area contributed by atoms with E-state index in [2.05, 4.69) is 10.1 Å². The van der Waals surface area contributed by atoms with Crippen LogP contribution in [0.5, 0.6) is 5.88 Å². The highest BCUT2D eigenvalue weighted by Crippen LogP contribution is 2.33. The molecule has 0 saturated carbocycles. The van der Waals surface area contributed by atoms with E-state index in [9.17, 15) is 31.1 Å². The summed E-state index contributed by atoms with van der Waals surface area (Å²) in [5.41, 5.74) is 2.75. The zero-order valence-corrected chi connectivity index (χ0v) is 21.0. The highest BCUT2D eigenvalue weighted by molar-refractivity contribution is 7.98. The molecule has 0 unspecified atom stereocenters. The lowest BCUT2D eigenvalue weighted by Gasteiger charge is -2.27. The number of carbonyl (C=O) groups is 1. The molecule has 7 nitrogen and oxygen atoms in total. The van der Waals surface area contributed by atoms with Crippen LogP contribution in [0.25, 0.3) is 16.6 Å². The Morgan fingerprint density at radius 2 is 1.95 bits per heavy atom. The van der Waals surface area contributed by atoms with Gasteiger partial charge in [-0.15, -0.1) is 11.8 Å². The molecule has 0 saturated heterocycles. The van der Waals surface area contributed by atoms with Gasteiger partial charge in [0.1, 0.15) is 11.1 Å². The van der Waals surface area contributed by atoms with Gasteiger partial charge in [-0.3, -0.25) is 0 Å². The van der Waals surface area contributed by atoms with Gasteiger partial charge in [0.2, 0.25) is 5.88 Å². The number of amides is 2. The number of nitrogens with one attached hydrogen (secondary N) is 1. The number of thioether (sulfide) groups is 1. The van der Waals surface area contributed by atoms with Crippen LogP contribution in [-0.2, 0) is 6.54 Å². The summed E-state index contributed by atoms with van der Waals surface area (Å²) < 4.78 is 84.4. The van der Waals surface area contributed by atoms with E-state index < -0.39 is 37.3 Å². The topological polar surface area (TPSA) is 71.8 Å². The second-order valence-corrected chi connectivity index (χ2v) is 8.86. The highest BCUT2D eigenvalue weighted by Gasteiger charge is 2.43. The molecule has 0 spiro atoms. The maximum Gasteiger partial charge on any atom is 0.408 e. The summed E-state index contributed by atoms with van der Waals surface area (Å²) in [6.07, 6.45) is -7.81. The largest absolute Gasteiger partial charge is 0.481 e. The molecular formula is C23H25F6N5O2S. The Morgan fingerprint density at radius 1 is 1.22 bits per heavy atom. The van der Waals surface area contributed by atoms with Crippen molar-refractivity contribution in [3.05, 3.63) is 42.2 Å². The molecule has 0 aliphatic carbocycles. The number of urea groups is 1. The number of hydrogen-bond donors (Lipinski definition) is 1. The first-order valence-corrected chi connectivity index (χ1v) is 12.3. The van der Waals surface area contributed by atoms with Crippen molar-refractivity contribution in [2.24, 2.45) is 0 Å². The highest BCUT2D eigenvalue weighted by atomic mass is 32.2. The van der Waals surface area contributed by atoms with E-state index >= 15 is 0 Å². The minimum atomic E-state index is -5.03. The lowest BCUT2D eigenvalue weighted by Crippen LogP contribution is -2.50. The van der Waals surface area contributed by atoms with Crippen LogP contribution >= 0.6 is 11.8 Å². The van der Waals surface area contributed by atoms with Crippen LogP contribution in [-0.4, -0.2) is 63.8 Å². The fourth-order valence-electron chi connectivity index (χ4n) is 3.67. The Bertz CT molecular complexity index is 1230. The summed E-state index contributed by atoms with van der Waals surface area (Å²) in [5, 5.41) is 6.58. The van der Waals surface area contributed by atoms with Gasteiger partial charge in [0.25, 0.3) is 0 Å². The third kappa shape index (κ3) is 7.21. The Kier molecular flexibility index (Phi) is 8.82. The molecular weight excluding hydrogens is 524 g/mol. The number of aromatic nitrogens is 3. The van der Waals surface area contributed by atoms with Crippen LogP contribution in [0.4, 0.5) is 31.1 Å². The number of halogens is 6. The van der Waals surface area contributed by atoms with E-state index in [4.69, 9.17) is 4.74 Å². The van der Waals surface area contributed by atoms with Gasteiger partial charge in [0.05, 0.1) is 18.8 Å². The second-order valence-electron chi connectivity index (χ2n) is 8.07. The van der Waals surface area contributed by atoms with E-state index in [1.165, 1.54) is 25.1 Å². The first-order chi connectivity index (χ1) is 17.4. The van der Waals surface area contributed by atoms with Crippen LogP contribution in [0.15, 0.2) is 41.7 Å². The average molecular weight is 550 g/mol. The van der Waals surface area contributed by atoms with Crippen molar-refractivity contribution in [2.45, 2.75) is 49.7 Å². The molecule has 0 bridgehead atoms. The summed E-state index contributed by atoms with van der Waals surface area (Å²) in [6, 6.07) is 3.44. The lowest BCUT2D eigenvalue weighted by molar-refractivity contribution is -0.171. The maximum atomic E-state index is 13.3. The number of fused-ring (bicyclic) bond motifs is 1. The molecule has 0 aromatic carbocycles. The number of hydrogen-bond acceptors (Lipinski definition) is 5. The van der Waals surface area contributed by atoms with Crippen molar-refractivity contribution in [3.8, 4) is 17.0 Å². The molecule has 0 radical (unpaired) electrons. The first-order valence-electron chi connectivity index (χ1n) is 11.1. The van der Waals surface area contributed by atoms with Gasteiger partial charge in [-0.2, -0.15) is 31.4 Å². The molecule has 3 aromatic heterocycles. The number of nitrogens with zero attached hydrogens (tertiary/aromatic N) is 4. The molecule has 3 aromatic rings. The van der Waals surface area contributed by atoms with Crippen LogP contribution in [0.2, 0.25) is 0 Å². The van der Waals surface area contributed by atoms with Crippen molar-refractivity contribution < 1.29 is 35.9 Å². The number of carbonyl (C=O) groups excluding carboxylic acids is 1. The second kappa shape index (κ2) is 11.5. The molecule has 1 atom stereocenters. The third-order valence-corrected chi connectivity index (χ3v) is 6.25. The zero-order chi connectivity index (χ0) is 27.4. The standard InChI is InChI=1S/C23H25F6N5O2S/c1-4-33(21(35)32-18(23(27,28)29)5-7-22(24,25)26)13-14-9-17(20(37-3)30-12-14)15-10-16-6-8-31-34(16)19(11-15)36-2/h6,8-12,18H,4-5,7,13H2,1-3H3,(H,32,35)/t18-/m0/s1. The molecule has 2 amide bonds. The van der Waals surface area contributed by atoms with Crippen LogP contribution in [0, 0.1) is 0 Å². The van der Waals surface area contributed by atoms with E-state index in [1.807, 2.05) is 12.3 Å². The van der Waals surface area contributed by atoms with Crippen molar-refractivity contribution in [1.29, 1.82) is 0 Å². The Labute approximate surface area is 213 Å². The van der Waals surface area contributed by atoms with Crippen LogP contribution < -0.4 is 10.1 Å². The van der Waals surface area contributed by atoms with Gasteiger partial charge >= 0.3 is 18.4 Å². The number of methoxy groups -OCH3 is 1. The van der Waals surface area contributed by atoms with E-state index in [-0.39, 0.29) is 13.1 Å². The van der Waals surface area contributed by atoms with Gasteiger partial charge in [0, 0.05) is 37.3 Å². The lowest BCUT2D eigenvalue weighted by atomic mass is 10.1. The quantitative estimate of drug-likeness (QED) is 0.265. The average Bonchev–Trinajstić information content (AvgIpc) is 3.31. The normalized spacial score (nSPS) is 13.0. The van der Waals surface area contributed by atoms with E-state index in [1.54, 1.807) is 41.2 Å². The molecule has 202 valence electrons. The number of ether oxygens (including phenoxy) is 1. The van der Waals surface area contributed by atoms with Gasteiger partial charge in [-0.05, 0) is 48.9 Å². The SMILES string of the molecule is CCN(Cc1cnc(SC)c(-c2cc(OC)n3nccc3c2)c1)C(=O)N[C@@H](CCC(F)(F)F)C(F)(F)F. The molecule has 3 rings (SSSR count). The monoisotopic (exact) mass is 549 g/mol. The minimum Gasteiger partial charge on any atom is -0.481 e. The fourth-order valence-corrected chi connectivity index (χ4v) is 4.22. The predicted molar refractivity (Wildman–Crippen MR) is 127 cm³/mol. The molecule has 1 N–H and O–H groups in total. The van der Waals surface area contributed by atoms with Crippen molar-refractivity contribution >= 4 is 23.3 Å². The van der Waals surface area contributed by atoms with E-state index in [0.717, 1.165) is 16.0 Å². The summed E-state index contributed by atoms with van der Waals surface area (Å²) in [5.74, 6) is 0.474. The third-order valence-electron chi connectivity index (χ3n) is 5.54. The summed E-state index contributed by atoms with van der Waals surface area (Å²) in [7, 11) is 1.51. The Hall–Kier alpha value is -3.16. The smallest absolute Gasteiger partial charge is 0.408 e. The first kappa shape index (κ1) is 28.4.